The van der Waals surface area contributed by atoms with E-state index in [0.29, 0.717) is 25.4 Å². The third-order valence-corrected chi connectivity index (χ3v) is 5.24. The summed E-state index contributed by atoms with van der Waals surface area (Å²) in [5, 5.41) is 16.9. The van der Waals surface area contributed by atoms with Crippen molar-refractivity contribution >= 4 is 12.0 Å². The Hall–Kier alpha value is -2.12. The van der Waals surface area contributed by atoms with Crippen molar-refractivity contribution in [1.29, 1.82) is 0 Å². The molecule has 0 bridgehead atoms. The average Bonchev–Trinajstić information content (AvgIpc) is 3.13. The summed E-state index contributed by atoms with van der Waals surface area (Å²) in [7, 11) is 0. The zero-order chi connectivity index (χ0) is 23.0. The number of carbonyl (C=O) groups excluding carboxylic acids is 2. The lowest BCUT2D eigenvalue weighted by Gasteiger charge is -2.31. The Kier molecular flexibility index (Phi) is 9.32. The summed E-state index contributed by atoms with van der Waals surface area (Å²) >= 11 is 0. The van der Waals surface area contributed by atoms with E-state index >= 15 is 0 Å². The van der Waals surface area contributed by atoms with Gasteiger partial charge in [-0.2, -0.15) is 0 Å². The van der Waals surface area contributed by atoms with Gasteiger partial charge in [0.25, 0.3) is 0 Å². The van der Waals surface area contributed by atoms with E-state index in [9.17, 15) is 14.7 Å². The number of benzene rings is 1. The highest BCUT2D eigenvalue weighted by molar-refractivity contribution is 5.82. The van der Waals surface area contributed by atoms with Crippen LogP contribution in [0.2, 0.25) is 0 Å². The molecule has 1 aliphatic heterocycles. The number of rotatable bonds is 9. The summed E-state index contributed by atoms with van der Waals surface area (Å²) in [4.78, 5) is 27.0. The van der Waals surface area contributed by atoms with E-state index in [0.717, 1.165) is 24.9 Å². The topological polar surface area (TPSA) is 90.9 Å². The number of aliphatic hydroxyl groups excluding tert-OH is 1. The molecule has 1 saturated heterocycles. The number of nitrogens with zero attached hydrogens (tertiary/aromatic N) is 1. The van der Waals surface area contributed by atoms with Crippen molar-refractivity contribution in [3.8, 4) is 0 Å². The Bertz CT molecular complexity index is 703. The van der Waals surface area contributed by atoms with Crippen molar-refractivity contribution in [2.24, 2.45) is 5.92 Å². The largest absolute Gasteiger partial charge is 0.444 e. The molecule has 7 nitrogen and oxygen atoms in total. The number of ether oxygens (including phenoxy) is 1. The highest BCUT2D eigenvalue weighted by atomic mass is 16.6. The molecule has 0 radical (unpaired) electrons. The van der Waals surface area contributed by atoms with Gasteiger partial charge in [0, 0.05) is 13.1 Å². The second-order valence-electron chi connectivity index (χ2n) is 9.80. The Balaban J connectivity index is 2.05. The van der Waals surface area contributed by atoms with Crippen LogP contribution in [0.1, 0.15) is 53.0 Å². The predicted molar refractivity (Wildman–Crippen MR) is 122 cm³/mol. The van der Waals surface area contributed by atoms with E-state index in [4.69, 9.17) is 4.74 Å². The fourth-order valence-electron chi connectivity index (χ4n) is 3.74. The number of aliphatic hydroxyl groups is 1. The lowest BCUT2D eigenvalue weighted by molar-refractivity contribution is -0.126. The highest BCUT2D eigenvalue weighted by Gasteiger charge is 2.34. The molecule has 0 aromatic heterocycles. The van der Waals surface area contributed by atoms with Gasteiger partial charge in [-0.25, -0.2) is 4.79 Å². The number of amides is 2. The molecule has 3 atom stereocenters. The van der Waals surface area contributed by atoms with Gasteiger partial charge in [0.1, 0.15) is 5.60 Å². The lowest BCUT2D eigenvalue weighted by Crippen LogP contribution is -2.53. The molecule has 1 aromatic rings. The SMILES string of the molecule is CC(C)CNC(=O)C1CCCN1C[C@@H](O)[C@@H](Cc1ccccc1)NC(=O)OC(C)(C)C. The summed E-state index contributed by atoms with van der Waals surface area (Å²) in [6, 6.07) is 8.96. The first-order valence-corrected chi connectivity index (χ1v) is 11.3. The van der Waals surface area contributed by atoms with Crippen molar-refractivity contribution in [2.45, 2.75) is 77.7 Å². The molecule has 0 spiro atoms. The van der Waals surface area contributed by atoms with Gasteiger partial charge in [0.05, 0.1) is 18.2 Å². The van der Waals surface area contributed by atoms with Crippen molar-refractivity contribution in [3.05, 3.63) is 35.9 Å². The minimum atomic E-state index is -0.841. The molecule has 0 saturated carbocycles. The van der Waals surface area contributed by atoms with Crippen LogP contribution < -0.4 is 10.6 Å². The highest BCUT2D eigenvalue weighted by Crippen LogP contribution is 2.19. The van der Waals surface area contributed by atoms with Gasteiger partial charge in [-0.05, 0) is 58.1 Å². The molecule has 7 heteroatoms. The summed E-state index contributed by atoms with van der Waals surface area (Å²) in [5.74, 6) is 0.399. The third-order valence-electron chi connectivity index (χ3n) is 5.24. The molecular formula is C24H39N3O4. The van der Waals surface area contributed by atoms with Crippen LogP contribution in [0.4, 0.5) is 4.79 Å². The number of carbonyl (C=O) groups is 2. The van der Waals surface area contributed by atoms with Gasteiger partial charge in [0.2, 0.25) is 5.91 Å². The quantitative estimate of drug-likeness (QED) is 0.557. The lowest BCUT2D eigenvalue weighted by atomic mass is 10.0. The van der Waals surface area contributed by atoms with Crippen LogP contribution in [0.5, 0.6) is 0 Å². The van der Waals surface area contributed by atoms with Crippen molar-refractivity contribution in [3.63, 3.8) is 0 Å². The molecule has 2 amide bonds. The molecule has 0 aliphatic carbocycles. The Labute approximate surface area is 186 Å². The predicted octanol–water partition coefficient (Wildman–Crippen LogP) is 2.72. The molecule has 174 valence electrons. The minimum Gasteiger partial charge on any atom is -0.444 e. The first-order valence-electron chi connectivity index (χ1n) is 11.3. The standard InChI is InChI=1S/C24H39N3O4/c1-17(2)15-25-22(29)20-12-9-13-27(20)16-21(28)19(14-18-10-7-6-8-11-18)26-23(30)31-24(3,4)5/h6-8,10-11,17,19-21,28H,9,12-16H2,1-5H3,(H,25,29)(H,26,30)/t19-,20?,21-/m1/s1. The first-order chi connectivity index (χ1) is 14.5. The van der Waals surface area contributed by atoms with Crippen LogP contribution in [0.3, 0.4) is 0 Å². The molecule has 1 aliphatic rings. The minimum absolute atomic E-state index is 0.0121. The molecule has 1 fully saturated rings. The number of hydrogen-bond acceptors (Lipinski definition) is 5. The zero-order valence-corrected chi connectivity index (χ0v) is 19.6. The Morgan fingerprint density at radius 2 is 1.90 bits per heavy atom. The fraction of sp³-hybridized carbons (Fsp3) is 0.667. The molecular weight excluding hydrogens is 394 g/mol. The first kappa shape index (κ1) is 25.1. The van der Waals surface area contributed by atoms with Crippen LogP contribution in [-0.2, 0) is 16.0 Å². The van der Waals surface area contributed by atoms with Gasteiger partial charge in [-0.3, -0.25) is 9.69 Å². The van der Waals surface area contributed by atoms with Crippen molar-refractivity contribution in [1.82, 2.24) is 15.5 Å². The fourth-order valence-corrected chi connectivity index (χ4v) is 3.74. The van der Waals surface area contributed by atoms with Crippen LogP contribution in [0.25, 0.3) is 0 Å². The normalized spacial score (nSPS) is 19.1. The summed E-state index contributed by atoms with van der Waals surface area (Å²) in [6.45, 7) is 11.2. The van der Waals surface area contributed by atoms with Gasteiger partial charge >= 0.3 is 6.09 Å². The maximum absolute atomic E-state index is 12.6. The Morgan fingerprint density at radius 1 is 1.23 bits per heavy atom. The van der Waals surface area contributed by atoms with Crippen LogP contribution in [0.15, 0.2) is 30.3 Å². The van der Waals surface area contributed by atoms with E-state index in [2.05, 4.69) is 24.5 Å². The smallest absolute Gasteiger partial charge is 0.407 e. The molecule has 1 unspecified atom stereocenters. The number of likely N-dealkylation sites (tertiary alicyclic amines) is 1. The molecule has 2 rings (SSSR count). The van der Waals surface area contributed by atoms with Gasteiger partial charge < -0.3 is 20.5 Å². The summed E-state index contributed by atoms with van der Waals surface area (Å²) < 4.78 is 5.40. The third kappa shape index (κ3) is 8.87. The maximum Gasteiger partial charge on any atom is 0.407 e. The van der Waals surface area contributed by atoms with E-state index < -0.39 is 23.8 Å². The second-order valence-corrected chi connectivity index (χ2v) is 9.80. The number of nitrogens with one attached hydrogen (secondary N) is 2. The second kappa shape index (κ2) is 11.5. The summed E-state index contributed by atoms with van der Waals surface area (Å²) in [5.41, 5.74) is 0.385. The number of hydrogen-bond donors (Lipinski definition) is 3. The van der Waals surface area contributed by atoms with Crippen LogP contribution in [-0.4, -0.2) is 65.4 Å². The van der Waals surface area contributed by atoms with E-state index in [1.165, 1.54) is 0 Å². The molecule has 3 N–H and O–H groups in total. The van der Waals surface area contributed by atoms with Crippen LogP contribution >= 0.6 is 0 Å². The molecule has 31 heavy (non-hydrogen) atoms. The summed E-state index contributed by atoms with van der Waals surface area (Å²) in [6.07, 6.45) is 0.764. The van der Waals surface area contributed by atoms with E-state index in [1.807, 2.05) is 35.2 Å². The van der Waals surface area contributed by atoms with Crippen molar-refractivity contribution in [2.75, 3.05) is 19.6 Å². The van der Waals surface area contributed by atoms with Gasteiger partial charge in [-0.15, -0.1) is 0 Å². The maximum atomic E-state index is 12.6. The molecule has 1 aromatic carbocycles. The van der Waals surface area contributed by atoms with E-state index in [-0.39, 0.29) is 11.9 Å². The van der Waals surface area contributed by atoms with Crippen LogP contribution in [0, 0.1) is 5.92 Å². The van der Waals surface area contributed by atoms with Crippen molar-refractivity contribution < 1.29 is 19.4 Å². The molecule has 1 heterocycles. The monoisotopic (exact) mass is 433 g/mol. The number of alkyl carbamates (subject to hydrolysis) is 1. The van der Waals surface area contributed by atoms with E-state index in [1.54, 1.807) is 20.8 Å². The Morgan fingerprint density at radius 3 is 2.52 bits per heavy atom. The zero-order valence-electron chi connectivity index (χ0n) is 19.6. The average molecular weight is 434 g/mol. The van der Waals surface area contributed by atoms with Gasteiger partial charge in [0.15, 0.2) is 0 Å². The number of β-amino-alcohol motifs (C(OH)–C–C–N with tert-alkyl or cyclic N) is 1. The van der Waals surface area contributed by atoms with Gasteiger partial charge in [-0.1, -0.05) is 44.2 Å².